The van der Waals surface area contributed by atoms with Gasteiger partial charge in [0.15, 0.2) is 0 Å². The van der Waals surface area contributed by atoms with E-state index in [4.69, 9.17) is 60.6 Å². The van der Waals surface area contributed by atoms with Crippen LogP contribution < -0.4 is 20.3 Å². The zero-order valence-corrected chi connectivity index (χ0v) is 28.4. The summed E-state index contributed by atoms with van der Waals surface area (Å²) in [5, 5.41) is 7.55. The normalized spacial score (nSPS) is 19.9. The van der Waals surface area contributed by atoms with Gasteiger partial charge in [-0.3, -0.25) is 4.90 Å². The number of anilines is 2. The van der Waals surface area contributed by atoms with E-state index in [-0.39, 0.29) is 12.1 Å². The van der Waals surface area contributed by atoms with Crippen molar-refractivity contribution in [2.75, 3.05) is 62.7 Å². The highest BCUT2D eigenvalue weighted by atomic mass is 35.5. The van der Waals surface area contributed by atoms with Gasteiger partial charge in [-0.05, 0) is 54.6 Å². The Morgan fingerprint density at radius 2 is 1.70 bits per heavy atom. The topological polar surface area (TPSA) is 93.1 Å². The van der Waals surface area contributed by atoms with Crippen LogP contribution in [0, 0.1) is 0 Å². The largest absolute Gasteiger partial charge is 0.491 e. The standard InChI is InChI=1S/C33H34Cl4N6O4/c34-23-1-7-28(29(36)17-23)33(21-42-11-9-38-22-42)46-20-27(47-33)19-45-26-5-3-25(4-6-26)43-15-13-41(14-16-43)12-10-39-32(44)40-31-8-2-24(35)18-30(31)37/h1-9,11,17-18,22,27H,10,12-16,19-21H2,(H2,39,40,44). The zero-order chi connectivity index (χ0) is 32.8. The summed E-state index contributed by atoms with van der Waals surface area (Å²) in [6, 6.07) is 18.0. The zero-order valence-electron chi connectivity index (χ0n) is 25.4. The lowest BCUT2D eigenvalue weighted by atomic mass is 10.1. The van der Waals surface area contributed by atoms with Gasteiger partial charge in [0.25, 0.3) is 0 Å². The van der Waals surface area contributed by atoms with Gasteiger partial charge in [0, 0.05) is 73.0 Å². The van der Waals surface area contributed by atoms with Crippen molar-refractivity contribution in [3.63, 3.8) is 0 Å². The molecule has 2 fully saturated rings. The number of carbonyl (C=O) groups is 1. The second-order valence-electron chi connectivity index (χ2n) is 11.3. The number of amides is 2. The molecule has 14 heteroatoms. The number of ether oxygens (including phenoxy) is 3. The molecule has 3 aromatic carbocycles. The Bertz CT molecular complexity index is 1650. The number of hydrogen-bond donors (Lipinski definition) is 2. The van der Waals surface area contributed by atoms with Crippen molar-refractivity contribution >= 4 is 63.8 Å². The number of carbonyl (C=O) groups excluding carboxylic acids is 1. The highest BCUT2D eigenvalue weighted by Crippen LogP contribution is 2.40. The molecule has 2 amide bonds. The molecule has 47 heavy (non-hydrogen) atoms. The van der Waals surface area contributed by atoms with Crippen molar-refractivity contribution in [2.24, 2.45) is 0 Å². The van der Waals surface area contributed by atoms with Crippen LogP contribution in [-0.2, 0) is 21.8 Å². The Labute approximate surface area is 293 Å². The van der Waals surface area contributed by atoms with Crippen molar-refractivity contribution in [3.05, 3.63) is 105 Å². The van der Waals surface area contributed by atoms with Crippen molar-refractivity contribution in [1.29, 1.82) is 0 Å². The first-order valence-corrected chi connectivity index (χ1v) is 16.7. The molecule has 0 aliphatic carbocycles. The lowest BCUT2D eigenvalue weighted by Crippen LogP contribution is -2.48. The van der Waals surface area contributed by atoms with Crippen molar-refractivity contribution in [2.45, 2.75) is 18.4 Å². The second kappa shape index (κ2) is 15.3. The summed E-state index contributed by atoms with van der Waals surface area (Å²) in [5.41, 5.74) is 2.35. The van der Waals surface area contributed by atoms with E-state index in [1.807, 2.05) is 29.0 Å². The number of halogens is 4. The monoisotopic (exact) mass is 718 g/mol. The van der Waals surface area contributed by atoms with E-state index in [2.05, 4.69) is 37.6 Å². The number of nitrogens with zero attached hydrogens (tertiary/aromatic N) is 4. The molecular formula is C33H34Cl4N6O4. The molecule has 0 spiro atoms. The fourth-order valence-corrected chi connectivity index (χ4v) is 6.64. The fourth-order valence-electron chi connectivity index (χ4n) is 5.63. The van der Waals surface area contributed by atoms with E-state index >= 15 is 0 Å². The molecule has 0 bridgehead atoms. The lowest BCUT2D eigenvalue weighted by Gasteiger charge is -2.36. The molecule has 3 heterocycles. The van der Waals surface area contributed by atoms with Gasteiger partial charge in [0.2, 0.25) is 5.79 Å². The highest BCUT2D eigenvalue weighted by molar-refractivity contribution is 6.36. The number of rotatable bonds is 11. The Morgan fingerprint density at radius 3 is 2.40 bits per heavy atom. The quantitative estimate of drug-likeness (QED) is 0.176. The maximum absolute atomic E-state index is 12.3. The number of benzene rings is 3. The molecule has 2 saturated heterocycles. The number of hydrogen-bond acceptors (Lipinski definition) is 7. The SMILES string of the molecule is O=C(NCCN1CCN(c2ccc(OCC3COC(Cn4ccnc4)(c4ccc(Cl)cc4Cl)O3)cc2)CC1)Nc1ccc(Cl)cc1Cl. The van der Waals surface area contributed by atoms with Gasteiger partial charge >= 0.3 is 6.03 Å². The second-order valence-corrected chi connectivity index (χ2v) is 13.0. The molecule has 2 N–H and O–H groups in total. The van der Waals surface area contributed by atoms with Crippen LogP contribution in [-0.4, -0.2) is 79.1 Å². The maximum Gasteiger partial charge on any atom is 0.319 e. The van der Waals surface area contributed by atoms with Crippen LogP contribution in [0.5, 0.6) is 5.75 Å². The number of urea groups is 1. The van der Waals surface area contributed by atoms with E-state index in [0.717, 1.165) is 44.2 Å². The molecule has 0 saturated carbocycles. The highest BCUT2D eigenvalue weighted by Gasteiger charge is 2.45. The summed E-state index contributed by atoms with van der Waals surface area (Å²) in [5.74, 6) is -0.354. The van der Waals surface area contributed by atoms with Gasteiger partial charge < -0.3 is 34.3 Å². The summed E-state index contributed by atoms with van der Waals surface area (Å²) < 4.78 is 20.8. The average Bonchev–Trinajstić information content (AvgIpc) is 3.72. The third kappa shape index (κ3) is 8.63. The summed E-state index contributed by atoms with van der Waals surface area (Å²) in [7, 11) is 0. The minimum absolute atomic E-state index is 0.304. The molecule has 2 unspecified atom stereocenters. The van der Waals surface area contributed by atoms with Crippen LogP contribution >= 0.6 is 46.4 Å². The minimum atomic E-state index is -1.10. The number of piperazine rings is 1. The first-order valence-electron chi connectivity index (χ1n) is 15.2. The molecule has 248 valence electrons. The minimum Gasteiger partial charge on any atom is -0.491 e. The van der Waals surface area contributed by atoms with Crippen LogP contribution in [0.15, 0.2) is 79.4 Å². The van der Waals surface area contributed by atoms with E-state index in [9.17, 15) is 4.79 Å². The molecule has 0 radical (unpaired) electrons. The first kappa shape index (κ1) is 33.7. The van der Waals surface area contributed by atoms with E-state index in [1.165, 1.54) is 0 Å². The van der Waals surface area contributed by atoms with Crippen molar-refractivity contribution < 1.29 is 19.0 Å². The first-order chi connectivity index (χ1) is 22.8. The molecule has 2 aliphatic rings. The van der Waals surface area contributed by atoms with E-state index in [1.54, 1.807) is 42.9 Å². The third-order valence-corrected chi connectivity index (χ3v) is 9.15. The molecule has 6 rings (SSSR count). The van der Waals surface area contributed by atoms with Gasteiger partial charge in [-0.25, -0.2) is 9.78 Å². The Kier molecular flexibility index (Phi) is 11.0. The molecule has 10 nitrogen and oxygen atoms in total. The summed E-state index contributed by atoms with van der Waals surface area (Å²) >= 11 is 24.8. The molecule has 2 aliphatic heterocycles. The van der Waals surface area contributed by atoms with Crippen LogP contribution in [0.3, 0.4) is 0 Å². The number of nitrogens with one attached hydrogen (secondary N) is 2. The van der Waals surface area contributed by atoms with Crippen LogP contribution in [0.2, 0.25) is 20.1 Å². The Morgan fingerprint density at radius 1 is 0.957 bits per heavy atom. The van der Waals surface area contributed by atoms with Gasteiger partial charge in [0.1, 0.15) is 18.5 Å². The predicted molar refractivity (Wildman–Crippen MR) is 185 cm³/mol. The fraction of sp³-hybridized carbons (Fsp3) is 0.333. The van der Waals surface area contributed by atoms with Gasteiger partial charge in [-0.15, -0.1) is 0 Å². The van der Waals surface area contributed by atoms with Crippen LogP contribution in [0.25, 0.3) is 0 Å². The summed E-state index contributed by atoms with van der Waals surface area (Å²) in [4.78, 5) is 21.1. The lowest BCUT2D eigenvalue weighted by molar-refractivity contribution is -0.189. The van der Waals surface area contributed by atoms with Crippen LogP contribution in [0.4, 0.5) is 16.2 Å². The average molecular weight is 720 g/mol. The van der Waals surface area contributed by atoms with Crippen molar-refractivity contribution in [1.82, 2.24) is 19.8 Å². The number of aromatic nitrogens is 2. The number of imidazole rings is 1. The van der Waals surface area contributed by atoms with Gasteiger partial charge in [-0.2, -0.15) is 0 Å². The van der Waals surface area contributed by atoms with Gasteiger partial charge in [0.05, 0.1) is 35.2 Å². The van der Waals surface area contributed by atoms with Crippen LogP contribution in [0.1, 0.15) is 5.56 Å². The summed E-state index contributed by atoms with van der Waals surface area (Å²) in [6.07, 6.45) is 4.96. The molecule has 1 aromatic heterocycles. The molecular weight excluding hydrogens is 686 g/mol. The van der Waals surface area contributed by atoms with E-state index in [0.29, 0.717) is 57.6 Å². The smallest absolute Gasteiger partial charge is 0.319 e. The van der Waals surface area contributed by atoms with Crippen molar-refractivity contribution in [3.8, 4) is 5.75 Å². The maximum atomic E-state index is 12.3. The van der Waals surface area contributed by atoms with Gasteiger partial charge in [-0.1, -0.05) is 52.5 Å². The Hall–Kier alpha value is -3.22. The Balaban J connectivity index is 0.946. The predicted octanol–water partition coefficient (Wildman–Crippen LogP) is 6.79. The molecule has 4 aromatic rings. The summed E-state index contributed by atoms with van der Waals surface area (Å²) in [6.45, 7) is 5.85. The van der Waals surface area contributed by atoms with E-state index < -0.39 is 5.79 Å². The third-order valence-electron chi connectivity index (χ3n) is 8.05. The molecule has 2 atom stereocenters.